The maximum absolute atomic E-state index is 4.24. The molecular weight excluding hydrogens is 304 g/mol. The number of nitrogens with zero attached hydrogens (tertiary/aromatic N) is 6. The lowest BCUT2D eigenvalue weighted by molar-refractivity contribution is 0.676. The summed E-state index contributed by atoms with van der Waals surface area (Å²) < 4.78 is 3.87. The lowest BCUT2D eigenvalue weighted by Gasteiger charge is -2.11. The Hall–Kier alpha value is -2.90. The Morgan fingerprint density at radius 2 is 2.12 bits per heavy atom. The highest BCUT2D eigenvalue weighted by molar-refractivity contribution is 5.79. The van der Waals surface area contributed by atoms with Crippen molar-refractivity contribution in [1.82, 2.24) is 35.0 Å². The SMILES string of the molecule is CN=C(NCCCc1nnc2ccccn12)NCc1ccnn1C. The molecule has 0 spiro atoms. The fraction of sp³-hybridized carbons (Fsp3) is 0.375. The number of hydrogen-bond donors (Lipinski definition) is 2. The van der Waals surface area contributed by atoms with E-state index in [0.29, 0.717) is 6.54 Å². The summed E-state index contributed by atoms with van der Waals surface area (Å²) in [6.45, 7) is 1.50. The lowest BCUT2D eigenvalue weighted by atomic mass is 10.3. The van der Waals surface area contributed by atoms with Gasteiger partial charge < -0.3 is 10.6 Å². The molecule has 0 aliphatic heterocycles. The molecule has 24 heavy (non-hydrogen) atoms. The second-order valence-corrected chi connectivity index (χ2v) is 5.45. The van der Waals surface area contributed by atoms with E-state index in [1.54, 1.807) is 13.2 Å². The average molecular weight is 326 g/mol. The summed E-state index contributed by atoms with van der Waals surface area (Å²) in [6.07, 6.45) is 5.58. The van der Waals surface area contributed by atoms with Gasteiger partial charge in [-0.15, -0.1) is 10.2 Å². The van der Waals surface area contributed by atoms with Crippen molar-refractivity contribution < 1.29 is 0 Å². The lowest BCUT2D eigenvalue weighted by Crippen LogP contribution is -2.37. The van der Waals surface area contributed by atoms with Crippen molar-refractivity contribution in [3.63, 3.8) is 0 Å². The van der Waals surface area contributed by atoms with Crippen LogP contribution in [-0.4, -0.2) is 43.9 Å². The highest BCUT2D eigenvalue weighted by atomic mass is 15.3. The molecule has 3 rings (SSSR count). The zero-order valence-electron chi connectivity index (χ0n) is 14.0. The minimum Gasteiger partial charge on any atom is -0.356 e. The number of rotatable bonds is 6. The molecule has 0 radical (unpaired) electrons. The third kappa shape index (κ3) is 3.70. The first-order valence-electron chi connectivity index (χ1n) is 7.98. The number of aryl methyl sites for hydroxylation is 2. The van der Waals surface area contributed by atoms with Gasteiger partial charge in [0.25, 0.3) is 0 Å². The fourth-order valence-corrected chi connectivity index (χ4v) is 2.48. The molecule has 8 heteroatoms. The summed E-state index contributed by atoms with van der Waals surface area (Å²) in [5.41, 5.74) is 1.99. The summed E-state index contributed by atoms with van der Waals surface area (Å²) in [5, 5.41) is 19.1. The van der Waals surface area contributed by atoms with E-state index < -0.39 is 0 Å². The second kappa shape index (κ2) is 7.58. The normalized spacial score (nSPS) is 11.8. The van der Waals surface area contributed by atoms with Crippen molar-refractivity contribution in [2.24, 2.45) is 12.0 Å². The van der Waals surface area contributed by atoms with Gasteiger partial charge in [-0.1, -0.05) is 6.07 Å². The van der Waals surface area contributed by atoms with Crippen molar-refractivity contribution in [3.05, 3.63) is 48.2 Å². The van der Waals surface area contributed by atoms with Gasteiger partial charge in [0.15, 0.2) is 11.6 Å². The van der Waals surface area contributed by atoms with Gasteiger partial charge in [0.1, 0.15) is 5.82 Å². The summed E-state index contributed by atoms with van der Waals surface area (Å²) in [7, 11) is 3.70. The predicted octanol–water partition coefficient (Wildman–Crippen LogP) is 0.761. The third-order valence-corrected chi connectivity index (χ3v) is 3.84. The van der Waals surface area contributed by atoms with Gasteiger partial charge in [-0.2, -0.15) is 5.10 Å². The van der Waals surface area contributed by atoms with Gasteiger partial charge >= 0.3 is 0 Å². The predicted molar refractivity (Wildman–Crippen MR) is 92.7 cm³/mol. The first kappa shape index (κ1) is 16.0. The highest BCUT2D eigenvalue weighted by Crippen LogP contribution is 2.04. The highest BCUT2D eigenvalue weighted by Gasteiger charge is 2.05. The van der Waals surface area contributed by atoms with E-state index in [4.69, 9.17) is 0 Å². The quantitative estimate of drug-likeness (QED) is 0.397. The van der Waals surface area contributed by atoms with Crippen LogP contribution in [0.1, 0.15) is 17.9 Å². The van der Waals surface area contributed by atoms with Gasteiger partial charge in [-0.05, 0) is 24.6 Å². The maximum atomic E-state index is 4.24. The monoisotopic (exact) mass is 326 g/mol. The first-order valence-corrected chi connectivity index (χ1v) is 7.98. The third-order valence-electron chi connectivity index (χ3n) is 3.84. The fourth-order valence-electron chi connectivity index (χ4n) is 2.48. The molecule has 3 aromatic rings. The van der Waals surface area contributed by atoms with Crippen molar-refractivity contribution in [2.75, 3.05) is 13.6 Å². The van der Waals surface area contributed by atoms with E-state index in [0.717, 1.165) is 42.5 Å². The number of nitrogens with one attached hydrogen (secondary N) is 2. The number of guanidine groups is 1. The molecule has 0 saturated heterocycles. The second-order valence-electron chi connectivity index (χ2n) is 5.45. The molecule has 0 atom stereocenters. The maximum Gasteiger partial charge on any atom is 0.191 e. The van der Waals surface area contributed by atoms with E-state index in [1.165, 1.54) is 0 Å². The van der Waals surface area contributed by atoms with E-state index in [2.05, 4.69) is 30.9 Å². The minimum atomic E-state index is 0.686. The molecule has 8 nitrogen and oxygen atoms in total. The summed E-state index contributed by atoms with van der Waals surface area (Å²) in [4.78, 5) is 4.23. The standard InChI is InChI=1S/C16H22N8/c1-17-16(19-12-13-8-10-20-23(13)2)18-9-5-7-15-22-21-14-6-3-4-11-24(14)15/h3-4,6,8,10-11H,5,7,9,12H2,1-2H3,(H2,17,18,19). The van der Waals surface area contributed by atoms with Crippen LogP contribution >= 0.6 is 0 Å². The van der Waals surface area contributed by atoms with Crippen LogP contribution in [0.2, 0.25) is 0 Å². The van der Waals surface area contributed by atoms with Gasteiger partial charge in [0.05, 0.1) is 12.2 Å². The Labute approximate surface area is 140 Å². The zero-order chi connectivity index (χ0) is 16.8. The first-order chi connectivity index (χ1) is 11.8. The molecule has 0 saturated carbocycles. The summed E-state index contributed by atoms with van der Waals surface area (Å²) in [6, 6.07) is 7.89. The van der Waals surface area contributed by atoms with E-state index >= 15 is 0 Å². The van der Waals surface area contributed by atoms with E-state index in [1.807, 2.05) is 46.6 Å². The molecule has 0 bridgehead atoms. The number of fused-ring (bicyclic) bond motifs is 1. The van der Waals surface area contributed by atoms with Gasteiger partial charge in [-0.3, -0.25) is 14.1 Å². The Bertz CT molecular complexity index is 816. The minimum absolute atomic E-state index is 0.686. The zero-order valence-corrected chi connectivity index (χ0v) is 14.0. The Morgan fingerprint density at radius 1 is 1.21 bits per heavy atom. The van der Waals surface area contributed by atoms with Gasteiger partial charge in [0, 0.05) is 39.5 Å². The van der Waals surface area contributed by atoms with Crippen LogP contribution in [-0.2, 0) is 20.0 Å². The van der Waals surface area contributed by atoms with Crippen LogP contribution < -0.4 is 10.6 Å². The molecule has 0 amide bonds. The van der Waals surface area contributed by atoms with E-state index in [9.17, 15) is 0 Å². The molecule has 0 aliphatic carbocycles. The largest absolute Gasteiger partial charge is 0.356 e. The molecular formula is C16H22N8. The molecule has 2 N–H and O–H groups in total. The van der Waals surface area contributed by atoms with Gasteiger partial charge in [0.2, 0.25) is 0 Å². The molecule has 3 aromatic heterocycles. The Kier molecular flexibility index (Phi) is 5.05. The number of aromatic nitrogens is 5. The van der Waals surface area contributed by atoms with E-state index in [-0.39, 0.29) is 0 Å². The molecule has 126 valence electrons. The van der Waals surface area contributed by atoms with Crippen LogP contribution in [0.3, 0.4) is 0 Å². The van der Waals surface area contributed by atoms with Crippen LogP contribution in [0.5, 0.6) is 0 Å². The molecule has 0 aromatic carbocycles. The van der Waals surface area contributed by atoms with Crippen molar-refractivity contribution in [1.29, 1.82) is 0 Å². The Morgan fingerprint density at radius 3 is 2.92 bits per heavy atom. The number of pyridine rings is 1. The molecule has 0 fully saturated rings. The number of aliphatic imine (C=N–C) groups is 1. The van der Waals surface area contributed by atoms with Crippen molar-refractivity contribution in [3.8, 4) is 0 Å². The summed E-state index contributed by atoms with van der Waals surface area (Å²) in [5.74, 6) is 1.76. The molecule has 3 heterocycles. The topological polar surface area (TPSA) is 84.4 Å². The smallest absolute Gasteiger partial charge is 0.191 e. The number of hydrogen-bond acceptors (Lipinski definition) is 4. The summed E-state index contributed by atoms with van der Waals surface area (Å²) >= 11 is 0. The molecule has 0 aliphatic rings. The van der Waals surface area contributed by atoms with Crippen LogP contribution in [0.4, 0.5) is 0 Å². The van der Waals surface area contributed by atoms with Crippen molar-refractivity contribution in [2.45, 2.75) is 19.4 Å². The van der Waals surface area contributed by atoms with Crippen LogP contribution in [0, 0.1) is 0 Å². The van der Waals surface area contributed by atoms with Crippen molar-refractivity contribution >= 4 is 11.6 Å². The van der Waals surface area contributed by atoms with Crippen LogP contribution in [0.25, 0.3) is 5.65 Å². The van der Waals surface area contributed by atoms with Crippen LogP contribution in [0.15, 0.2) is 41.7 Å². The average Bonchev–Trinajstić information content (AvgIpc) is 3.21. The van der Waals surface area contributed by atoms with Gasteiger partial charge in [-0.25, -0.2) is 0 Å². The molecule has 0 unspecified atom stereocenters. The Balaban J connectivity index is 1.44.